The molecule has 1 aliphatic carbocycles. The molecule has 0 spiro atoms. The van der Waals surface area contributed by atoms with Crippen LogP contribution in [-0.4, -0.2) is 23.5 Å². The molecule has 0 unspecified atom stereocenters. The lowest BCUT2D eigenvalue weighted by Gasteiger charge is -2.14. The average molecular weight is 283 g/mol. The highest BCUT2D eigenvalue weighted by atomic mass is 19.1. The van der Waals surface area contributed by atoms with E-state index < -0.39 is 29.4 Å². The van der Waals surface area contributed by atoms with Gasteiger partial charge in [0.2, 0.25) is 5.91 Å². The first-order valence-corrected chi connectivity index (χ1v) is 6.35. The number of hydrogen-bond donors (Lipinski definition) is 2. The maximum Gasteiger partial charge on any atom is 0.307 e. The van der Waals surface area contributed by atoms with E-state index in [1.54, 1.807) is 6.92 Å². The molecular formula is C14H15F2NO3. The van der Waals surface area contributed by atoms with Crippen LogP contribution in [0.3, 0.4) is 0 Å². The highest BCUT2D eigenvalue weighted by molar-refractivity contribution is 5.89. The normalized spacial score (nSPS) is 22.1. The van der Waals surface area contributed by atoms with E-state index in [4.69, 9.17) is 5.11 Å². The minimum absolute atomic E-state index is 0.185. The Morgan fingerprint density at radius 1 is 1.40 bits per heavy atom. The molecule has 1 aromatic carbocycles. The summed E-state index contributed by atoms with van der Waals surface area (Å²) in [6.45, 7) is 1.89. The Labute approximate surface area is 114 Å². The van der Waals surface area contributed by atoms with Crippen LogP contribution >= 0.6 is 0 Å². The average Bonchev–Trinajstić information content (AvgIpc) is 3.15. The first kappa shape index (κ1) is 14.4. The van der Waals surface area contributed by atoms with E-state index in [1.807, 2.05) is 0 Å². The summed E-state index contributed by atoms with van der Waals surface area (Å²) in [5.74, 6) is -4.01. The first-order chi connectivity index (χ1) is 9.40. The Kier molecular flexibility index (Phi) is 4.01. The second-order valence-corrected chi connectivity index (χ2v) is 5.10. The van der Waals surface area contributed by atoms with Crippen molar-refractivity contribution < 1.29 is 23.5 Å². The molecule has 3 atom stereocenters. The molecule has 0 saturated heterocycles. The first-order valence-electron chi connectivity index (χ1n) is 6.35. The summed E-state index contributed by atoms with van der Waals surface area (Å²) < 4.78 is 26.3. The summed E-state index contributed by atoms with van der Waals surface area (Å²) in [5, 5.41) is 11.3. The monoisotopic (exact) mass is 283 g/mol. The van der Waals surface area contributed by atoms with Crippen molar-refractivity contribution in [1.29, 1.82) is 0 Å². The van der Waals surface area contributed by atoms with Crippen molar-refractivity contribution >= 4 is 11.9 Å². The number of carbonyl (C=O) groups excluding carboxylic acids is 1. The Hall–Kier alpha value is -1.98. The van der Waals surface area contributed by atoms with Crippen LogP contribution in [0.2, 0.25) is 0 Å². The molecule has 0 heterocycles. The second kappa shape index (κ2) is 5.56. The standard InChI is InChI=1S/C14H15F2NO3/c1-7(9-3-2-8(15)4-12(9)16)6-17-13(18)10-5-11(10)14(19)20/h2-4,7,10-11H,5-6H2,1H3,(H,17,18)(H,19,20)/t7-,10+,11+/m1/s1. The molecule has 0 radical (unpaired) electrons. The third-order valence-electron chi connectivity index (χ3n) is 3.52. The molecule has 2 N–H and O–H groups in total. The molecule has 108 valence electrons. The van der Waals surface area contributed by atoms with Crippen LogP contribution in [0.1, 0.15) is 24.8 Å². The zero-order valence-corrected chi connectivity index (χ0v) is 10.9. The predicted molar refractivity (Wildman–Crippen MR) is 67.0 cm³/mol. The molecule has 20 heavy (non-hydrogen) atoms. The number of aliphatic carboxylic acids is 1. The van der Waals surface area contributed by atoms with E-state index in [1.165, 1.54) is 6.07 Å². The van der Waals surface area contributed by atoms with Crippen molar-refractivity contribution in [3.05, 3.63) is 35.4 Å². The Bertz CT molecular complexity index is 547. The van der Waals surface area contributed by atoms with E-state index in [-0.39, 0.29) is 18.4 Å². The van der Waals surface area contributed by atoms with Gasteiger partial charge < -0.3 is 10.4 Å². The topological polar surface area (TPSA) is 66.4 Å². The van der Waals surface area contributed by atoms with Crippen LogP contribution in [0, 0.1) is 23.5 Å². The van der Waals surface area contributed by atoms with Crippen molar-refractivity contribution in [2.24, 2.45) is 11.8 Å². The molecule has 1 aromatic rings. The Morgan fingerprint density at radius 3 is 2.65 bits per heavy atom. The smallest absolute Gasteiger partial charge is 0.307 e. The summed E-state index contributed by atoms with van der Waals surface area (Å²) in [6, 6.07) is 3.31. The van der Waals surface area contributed by atoms with Crippen LogP contribution in [0.4, 0.5) is 8.78 Å². The summed E-state index contributed by atoms with van der Waals surface area (Å²) in [5.41, 5.74) is 0.317. The van der Waals surface area contributed by atoms with E-state index in [0.717, 1.165) is 12.1 Å². The zero-order valence-electron chi connectivity index (χ0n) is 10.9. The molecule has 2 rings (SSSR count). The quantitative estimate of drug-likeness (QED) is 0.867. The number of carboxylic acid groups (broad SMARTS) is 1. The highest BCUT2D eigenvalue weighted by Gasteiger charge is 2.48. The Balaban J connectivity index is 1.88. The molecule has 0 aromatic heterocycles. The van der Waals surface area contributed by atoms with Gasteiger partial charge in [-0.2, -0.15) is 0 Å². The van der Waals surface area contributed by atoms with Gasteiger partial charge in [0, 0.05) is 18.5 Å². The summed E-state index contributed by atoms with van der Waals surface area (Å²) in [4.78, 5) is 22.3. The zero-order chi connectivity index (χ0) is 14.9. The third-order valence-corrected chi connectivity index (χ3v) is 3.52. The molecule has 0 bridgehead atoms. The SMILES string of the molecule is C[C@H](CNC(=O)[C@H]1C[C@@H]1C(=O)O)c1ccc(F)cc1F. The minimum Gasteiger partial charge on any atom is -0.481 e. The maximum atomic E-state index is 13.5. The lowest BCUT2D eigenvalue weighted by atomic mass is 10.0. The molecule has 1 amide bonds. The van der Waals surface area contributed by atoms with E-state index >= 15 is 0 Å². The van der Waals surface area contributed by atoms with Gasteiger partial charge in [0.1, 0.15) is 11.6 Å². The molecular weight excluding hydrogens is 268 g/mol. The third kappa shape index (κ3) is 3.12. The molecule has 1 saturated carbocycles. The number of nitrogens with one attached hydrogen (secondary N) is 1. The van der Waals surface area contributed by atoms with Crippen molar-refractivity contribution in [2.45, 2.75) is 19.3 Å². The van der Waals surface area contributed by atoms with Crippen LogP contribution in [-0.2, 0) is 9.59 Å². The van der Waals surface area contributed by atoms with Crippen molar-refractivity contribution in [1.82, 2.24) is 5.32 Å². The van der Waals surface area contributed by atoms with Crippen molar-refractivity contribution in [3.63, 3.8) is 0 Å². The summed E-state index contributed by atoms with van der Waals surface area (Å²) in [6.07, 6.45) is 0.348. The number of amides is 1. The van der Waals surface area contributed by atoms with Gasteiger partial charge in [-0.1, -0.05) is 13.0 Å². The number of carbonyl (C=O) groups is 2. The number of hydrogen-bond acceptors (Lipinski definition) is 2. The molecule has 1 aliphatic rings. The lowest BCUT2D eigenvalue weighted by Crippen LogP contribution is -2.30. The number of benzene rings is 1. The molecule has 4 nitrogen and oxygen atoms in total. The maximum absolute atomic E-state index is 13.5. The molecule has 0 aliphatic heterocycles. The fourth-order valence-corrected chi connectivity index (χ4v) is 2.15. The van der Waals surface area contributed by atoms with E-state index in [0.29, 0.717) is 12.0 Å². The fourth-order valence-electron chi connectivity index (χ4n) is 2.15. The molecule has 1 fully saturated rings. The van der Waals surface area contributed by atoms with Gasteiger partial charge in [0.05, 0.1) is 11.8 Å². The van der Waals surface area contributed by atoms with E-state index in [9.17, 15) is 18.4 Å². The number of carboxylic acids is 1. The van der Waals surface area contributed by atoms with Crippen LogP contribution < -0.4 is 5.32 Å². The highest BCUT2D eigenvalue weighted by Crippen LogP contribution is 2.38. The van der Waals surface area contributed by atoms with Crippen LogP contribution in [0.5, 0.6) is 0 Å². The summed E-state index contributed by atoms with van der Waals surface area (Å²) in [7, 11) is 0. The number of halogens is 2. The predicted octanol–water partition coefficient (Wildman–Crippen LogP) is 1.91. The van der Waals surface area contributed by atoms with Gasteiger partial charge in [0.15, 0.2) is 0 Å². The van der Waals surface area contributed by atoms with Crippen molar-refractivity contribution in [2.75, 3.05) is 6.54 Å². The second-order valence-electron chi connectivity index (χ2n) is 5.10. The van der Waals surface area contributed by atoms with Gasteiger partial charge in [-0.25, -0.2) is 8.78 Å². The van der Waals surface area contributed by atoms with Gasteiger partial charge in [-0.05, 0) is 18.1 Å². The van der Waals surface area contributed by atoms with Gasteiger partial charge >= 0.3 is 5.97 Å². The van der Waals surface area contributed by atoms with Crippen molar-refractivity contribution in [3.8, 4) is 0 Å². The van der Waals surface area contributed by atoms with Gasteiger partial charge in [-0.3, -0.25) is 9.59 Å². The van der Waals surface area contributed by atoms with Crippen LogP contribution in [0.25, 0.3) is 0 Å². The summed E-state index contributed by atoms with van der Waals surface area (Å²) >= 11 is 0. The lowest BCUT2D eigenvalue weighted by molar-refractivity contribution is -0.140. The van der Waals surface area contributed by atoms with E-state index in [2.05, 4.69) is 5.32 Å². The van der Waals surface area contributed by atoms with Crippen LogP contribution in [0.15, 0.2) is 18.2 Å². The largest absolute Gasteiger partial charge is 0.481 e. The number of rotatable bonds is 5. The van der Waals surface area contributed by atoms with Gasteiger partial charge in [0.25, 0.3) is 0 Å². The Morgan fingerprint density at radius 2 is 2.10 bits per heavy atom. The van der Waals surface area contributed by atoms with Gasteiger partial charge in [-0.15, -0.1) is 0 Å². The fraction of sp³-hybridized carbons (Fsp3) is 0.429. The minimum atomic E-state index is -0.970. The molecule has 6 heteroatoms.